The SMILES string of the molecule is COCCN1CCC(C)N(C)C(CC(=O)O)C1. The molecule has 0 radical (unpaired) electrons. The Balaban J connectivity index is 2.59. The minimum Gasteiger partial charge on any atom is -0.481 e. The highest BCUT2D eigenvalue weighted by Crippen LogP contribution is 2.16. The van der Waals surface area contributed by atoms with Gasteiger partial charge in [-0.05, 0) is 26.9 Å². The lowest BCUT2D eigenvalue weighted by molar-refractivity contribution is -0.138. The number of carboxylic acids is 1. The Bertz CT molecular complexity index is 248. The van der Waals surface area contributed by atoms with Gasteiger partial charge in [0.05, 0.1) is 13.0 Å². The van der Waals surface area contributed by atoms with E-state index in [0.29, 0.717) is 12.6 Å². The van der Waals surface area contributed by atoms with Crippen LogP contribution in [0, 0.1) is 0 Å². The summed E-state index contributed by atoms with van der Waals surface area (Å²) in [5.74, 6) is -0.720. The Morgan fingerprint density at radius 2 is 2.24 bits per heavy atom. The van der Waals surface area contributed by atoms with Crippen molar-refractivity contribution in [2.45, 2.75) is 31.8 Å². The van der Waals surface area contributed by atoms with E-state index in [1.165, 1.54) is 0 Å². The minimum atomic E-state index is -0.720. The monoisotopic (exact) mass is 244 g/mol. The van der Waals surface area contributed by atoms with Crippen LogP contribution in [-0.4, -0.2) is 73.4 Å². The average Bonchev–Trinajstić information content (AvgIpc) is 2.40. The first kappa shape index (κ1) is 14.4. The molecule has 1 N–H and O–H groups in total. The van der Waals surface area contributed by atoms with Crippen LogP contribution in [0.25, 0.3) is 0 Å². The van der Waals surface area contributed by atoms with Crippen LogP contribution < -0.4 is 0 Å². The van der Waals surface area contributed by atoms with Crippen LogP contribution in [0.2, 0.25) is 0 Å². The number of carboxylic acid groups (broad SMARTS) is 1. The minimum absolute atomic E-state index is 0.0989. The number of rotatable bonds is 5. The lowest BCUT2D eigenvalue weighted by Crippen LogP contribution is -2.43. The Morgan fingerprint density at radius 3 is 2.82 bits per heavy atom. The second-order valence-electron chi connectivity index (χ2n) is 4.85. The average molecular weight is 244 g/mol. The molecule has 5 heteroatoms. The van der Waals surface area contributed by atoms with Crippen molar-refractivity contribution in [3.05, 3.63) is 0 Å². The van der Waals surface area contributed by atoms with Crippen LogP contribution >= 0.6 is 0 Å². The fraction of sp³-hybridized carbons (Fsp3) is 0.917. The van der Waals surface area contributed by atoms with E-state index in [1.807, 2.05) is 7.05 Å². The van der Waals surface area contributed by atoms with E-state index >= 15 is 0 Å². The van der Waals surface area contributed by atoms with E-state index in [1.54, 1.807) is 7.11 Å². The summed E-state index contributed by atoms with van der Waals surface area (Å²) >= 11 is 0. The molecule has 0 bridgehead atoms. The van der Waals surface area contributed by atoms with Crippen LogP contribution in [0.1, 0.15) is 19.8 Å². The molecule has 1 rings (SSSR count). The quantitative estimate of drug-likeness (QED) is 0.763. The van der Waals surface area contributed by atoms with Gasteiger partial charge in [0.15, 0.2) is 0 Å². The molecule has 5 nitrogen and oxygen atoms in total. The fourth-order valence-electron chi connectivity index (χ4n) is 2.28. The lowest BCUT2D eigenvalue weighted by atomic mass is 10.1. The first-order valence-corrected chi connectivity index (χ1v) is 6.19. The molecule has 100 valence electrons. The summed E-state index contributed by atoms with van der Waals surface area (Å²) in [6.45, 7) is 5.58. The van der Waals surface area contributed by atoms with Crippen LogP contribution in [0.4, 0.5) is 0 Å². The molecule has 17 heavy (non-hydrogen) atoms. The Labute approximate surface area is 103 Å². The molecule has 1 heterocycles. The summed E-state index contributed by atoms with van der Waals surface area (Å²) in [5, 5.41) is 8.95. The van der Waals surface area contributed by atoms with E-state index in [2.05, 4.69) is 16.7 Å². The maximum absolute atomic E-state index is 10.9. The third-order valence-corrected chi connectivity index (χ3v) is 3.63. The van der Waals surface area contributed by atoms with E-state index in [-0.39, 0.29) is 12.5 Å². The third kappa shape index (κ3) is 4.61. The summed E-state index contributed by atoms with van der Waals surface area (Å²) in [7, 11) is 3.72. The Kier molecular flexibility index (Phi) is 5.88. The number of hydrogen-bond acceptors (Lipinski definition) is 4. The Hall–Kier alpha value is -0.650. The molecule has 1 aliphatic rings. The van der Waals surface area contributed by atoms with Crippen LogP contribution in [0.5, 0.6) is 0 Å². The van der Waals surface area contributed by atoms with Crippen LogP contribution in [-0.2, 0) is 9.53 Å². The number of nitrogens with zero attached hydrogens (tertiary/aromatic N) is 2. The molecule has 0 amide bonds. The zero-order valence-electron chi connectivity index (χ0n) is 11.1. The van der Waals surface area contributed by atoms with Gasteiger partial charge in [-0.25, -0.2) is 0 Å². The van der Waals surface area contributed by atoms with E-state index in [0.717, 1.165) is 26.1 Å². The third-order valence-electron chi connectivity index (χ3n) is 3.63. The second-order valence-corrected chi connectivity index (χ2v) is 4.85. The standard InChI is InChI=1S/C12H24N2O3/c1-10-4-5-14(6-7-17-3)9-11(13(10)2)8-12(15)16/h10-11H,4-9H2,1-3H3,(H,15,16). The van der Waals surface area contributed by atoms with Gasteiger partial charge in [-0.2, -0.15) is 0 Å². The fourth-order valence-corrected chi connectivity index (χ4v) is 2.28. The number of likely N-dealkylation sites (N-methyl/N-ethyl adjacent to an activating group) is 1. The van der Waals surface area contributed by atoms with Crippen molar-refractivity contribution in [3.63, 3.8) is 0 Å². The van der Waals surface area contributed by atoms with Crippen molar-refractivity contribution in [1.29, 1.82) is 0 Å². The summed E-state index contributed by atoms with van der Waals surface area (Å²) in [5.41, 5.74) is 0. The molecular weight excluding hydrogens is 220 g/mol. The van der Waals surface area contributed by atoms with Crippen molar-refractivity contribution in [3.8, 4) is 0 Å². The van der Waals surface area contributed by atoms with Gasteiger partial charge in [0.25, 0.3) is 0 Å². The normalized spacial score (nSPS) is 27.9. The number of carbonyl (C=O) groups is 1. The highest BCUT2D eigenvalue weighted by atomic mass is 16.5. The van der Waals surface area contributed by atoms with Gasteiger partial charge in [-0.1, -0.05) is 0 Å². The van der Waals surface area contributed by atoms with Crippen LogP contribution in [0.3, 0.4) is 0 Å². The van der Waals surface area contributed by atoms with Crippen molar-refractivity contribution < 1.29 is 14.6 Å². The smallest absolute Gasteiger partial charge is 0.304 e. The molecular formula is C12H24N2O3. The summed E-state index contributed by atoms with van der Waals surface area (Å²) < 4.78 is 5.08. The molecule has 0 aromatic carbocycles. The summed E-state index contributed by atoms with van der Waals surface area (Å²) in [4.78, 5) is 15.4. The van der Waals surface area contributed by atoms with Gasteiger partial charge >= 0.3 is 5.97 Å². The van der Waals surface area contributed by atoms with E-state index in [9.17, 15) is 4.79 Å². The lowest BCUT2D eigenvalue weighted by Gasteiger charge is -2.30. The molecule has 1 saturated heterocycles. The zero-order valence-corrected chi connectivity index (χ0v) is 11.1. The van der Waals surface area contributed by atoms with Crippen molar-refractivity contribution in [2.75, 3.05) is 40.4 Å². The van der Waals surface area contributed by atoms with Crippen molar-refractivity contribution in [1.82, 2.24) is 9.80 Å². The van der Waals surface area contributed by atoms with E-state index < -0.39 is 5.97 Å². The largest absolute Gasteiger partial charge is 0.481 e. The topological polar surface area (TPSA) is 53.0 Å². The molecule has 1 aliphatic heterocycles. The first-order valence-electron chi connectivity index (χ1n) is 6.19. The predicted molar refractivity (Wildman–Crippen MR) is 66.2 cm³/mol. The van der Waals surface area contributed by atoms with E-state index in [4.69, 9.17) is 9.84 Å². The summed E-state index contributed by atoms with van der Waals surface area (Å²) in [6.07, 6.45) is 1.29. The second kappa shape index (κ2) is 6.93. The first-order chi connectivity index (χ1) is 8.04. The highest BCUT2D eigenvalue weighted by Gasteiger charge is 2.27. The molecule has 0 saturated carbocycles. The molecule has 0 aromatic rings. The van der Waals surface area contributed by atoms with Crippen molar-refractivity contribution in [2.24, 2.45) is 0 Å². The molecule has 0 spiro atoms. The molecule has 0 aliphatic carbocycles. The number of ether oxygens (including phenoxy) is 1. The molecule has 2 unspecified atom stereocenters. The molecule has 2 atom stereocenters. The Morgan fingerprint density at radius 1 is 1.53 bits per heavy atom. The van der Waals surface area contributed by atoms with Gasteiger partial charge in [0.1, 0.15) is 0 Å². The maximum atomic E-state index is 10.9. The summed E-state index contributed by atoms with van der Waals surface area (Å²) in [6, 6.07) is 0.536. The highest BCUT2D eigenvalue weighted by molar-refractivity contribution is 5.67. The predicted octanol–water partition coefficient (Wildman–Crippen LogP) is 0.502. The van der Waals surface area contributed by atoms with Gasteiger partial charge in [0.2, 0.25) is 0 Å². The van der Waals surface area contributed by atoms with Gasteiger partial charge in [0, 0.05) is 32.3 Å². The van der Waals surface area contributed by atoms with Gasteiger partial charge in [-0.3, -0.25) is 14.6 Å². The number of methoxy groups -OCH3 is 1. The van der Waals surface area contributed by atoms with Crippen LogP contribution in [0.15, 0.2) is 0 Å². The zero-order chi connectivity index (χ0) is 12.8. The van der Waals surface area contributed by atoms with Gasteiger partial charge in [-0.15, -0.1) is 0 Å². The van der Waals surface area contributed by atoms with Crippen molar-refractivity contribution >= 4 is 5.97 Å². The maximum Gasteiger partial charge on any atom is 0.304 e. The molecule has 1 fully saturated rings. The van der Waals surface area contributed by atoms with Gasteiger partial charge < -0.3 is 9.84 Å². The number of hydrogen-bond donors (Lipinski definition) is 1. The molecule has 0 aromatic heterocycles. The number of aliphatic carboxylic acids is 1.